The number of fused-ring (bicyclic) bond motifs is 10. The molecule has 11 rings (SSSR count). The number of aliphatic imine (C=N–C) groups is 2. The number of hydrogen-bond donors (Lipinski definition) is 1. The van der Waals surface area contributed by atoms with Crippen molar-refractivity contribution >= 4 is 78.4 Å². The summed E-state index contributed by atoms with van der Waals surface area (Å²) in [5, 5.41) is 11.5. The molecule has 2 aliphatic rings. The smallest absolute Gasteiger partial charge is 0.159 e. The second kappa shape index (κ2) is 11.4. The van der Waals surface area contributed by atoms with E-state index in [1.54, 1.807) is 0 Å². The first kappa shape index (κ1) is 29.0. The molecule has 1 N–H and O–H groups in total. The van der Waals surface area contributed by atoms with Crippen LogP contribution >= 0.6 is 0 Å². The van der Waals surface area contributed by atoms with Crippen molar-refractivity contribution in [3.05, 3.63) is 161 Å². The van der Waals surface area contributed by atoms with Crippen LogP contribution in [-0.2, 0) is 0 Å². The molecule has 0 bridgehead atoms. The topological polar surface area (TPSA) is 75.9 Å². The van der Waals surface area contributed by atoms with Crippen molar-refractivity contribution in [3.63, 3.8) is 0 Å². The van der Waals surface area contributed by atoms with E-state index in [9.17, 15) is 0 Å². The van der Waals surface area contributed by atoms with Crippen LogP contribution in [0.15, 0.2) is 158 Å². The van der Waals surface area contributed by atoms with Gasteiger partial charge in [-0.05, 0) is 48.9 Å². The second-order valence-corrected chi connectivity index (χ2v) is 13.5. The average molecular weight is 671 g/mol. The second-order valence-electron chi connectivity index (χ2n) is 13.5. The van der Waals surface area contributed by atoms with Crippen molar-refractivity contribution in [3.8, 4) is 11.3 Å². The quantitative estimate of drug-likeness (QED) is 0.190. The van der Waals surface area contributed by atoms with Gasteiger partial charge in [0.05, 0.1) is 11.2 Å². The standard InChI is InChI=1S/C46H30N4O2/c1-3-11-27(12-4-1)43-35-23-24-38-42(41(35)33-16-7-9-17-36(33)47-43)34-22-20-30(26-40(34)52-38)46-49-44(28-13-5-2-6-14-28)48-45(50-46)29-19-21-32-31-15-8-10-18-37(31)51-39(32)25-29/h1-18,20-26,29,45H,19H2,(H,48,49,50). The fourth-order valence-electron chi connectivity index (χ4n) is 7.97. The summed E-state index contributed by atoms with van der Waals surface area (Å²) in [6.07, 6.45) is 5.09. The maximum Gasteiger partial charge on any atom is 0.159 e. The molecular weight excluding hydrogens is 641 g/mol. The molecule has 2 atom stereocenters. The van der Waals surface area contributed by atoms with E-state index in [1.165, 1.54) is 0 Å². The van der Waals surface area contributed by atoms with E-state index in [0.717, 1.165) is 99.9 Å². The van der Waals surface area contributed by atoms with E-state index < -0.39 is 0 Å². The van der Waals surface area contributed by atoms with Gasteiger partial charge in [-0.3, -0.25) is 0 Å². The van der Waals surface area contributed by atoms with E-state index in [2.05, 4.69) is 115 Å². The van der Waals surface area contributed by atoms with Crippen LogP contribution in [0.1, 0.15) is 17.5 Å². The van der Waals surface area contributed by atoms with Crippen LogP contribution in [0, 0.1) is 5.92 Å². The summed E-state index contributed by atoms with van der Waals surface area (Å²) < 4.78 is 12.9. The minimum atomic E-state index is -0.245. The van der Waals surface area contributed by atoms with Crippen LogP contribution in [0.4, 0.5) is 0 Å². The Morgan fingerprint density at radius 3 is 2.19 bits per heavy atom. The van der Waals surface area contributed by atoms with Gasteiger partial charge < -0.3 is 14.2 Å². The highest BCUT2D eigenvalue weighted by Crippen LogP contribution is 2.41. The van der Waals surface area contributed by atoms with Crippen LogP contribution < -0.4 is 16.0 Å². The van der Waals surface area contributed by atoms with Crippen molar-refractivity contribution in [1.82, 2.24) is 10.3 Å². The minimum absolute atomic E-state index is 0.0688. The molecule has 246 valence electrons. The van der Waals surface area contributed by atoms with Crippen LogP contribution in [-0.4, -0.2) is 22.8 Å². The number of para-hydroxylation sites is 2. The van der Waals surface area contributed by atoms with Gasteiger partial charge in [0.25, 0.3) is 0 Å². The lowest BCUT2D eigenvalue weighted by Crippen LogP contribution is -2.44. The molecule has 2 unspecified atom stereocenters. The Kier molecular flexibility index (Phi) is 6.34. The molecule has 1 aliphatic heterocycles. The monoisotopic (exact) mass is 670 g/mol. The van der Waals surface area contributed by atoms with Crippen LogP contribution in [0.5, 0.6) is 0 Å². The van der Waals surface area contributed by atoms with Crippen molar-refractivity contribution in [2.45, 2.75) is 12.6 Å². The third kappa shape index (κ3) is 4.54. The predicted molar refractivity (Wildman–Crippen MR) is 211 cm³/mol. The maximum atomic E-state index is 6.65. The number of rotatable bonds is 4. The average Bonchev–Trinajstić information content (AvgIpc) is 3.78. The van der Waals surface area contributed by atoms with Gasteiger partial charge >= 0.3 is 0 Å². The summed E-state index contributed by atoms with van der Waals surface area (Å²) in [6.45, 7) is 0. The number of nitrogens with one attached hydrogen (secondary N) is 1. The van der Waals surface area contributed by atoms with Gasteiger partial charge in [0.2, 0.25) is 0 Å². The molecule has 1 aliphatic carbocycles. The Morgan fingerprint density at radius 1 is 0.577 bits per heavy atom. The summed E-state index contributed by atoms with van der Waals surface area (Å²) in [5.41, 5.74) is 8.36. The highest BCUT2D eigenvalue weighted by molar-refractivity contribution is 6.28. The fourth-order valence-corrected chi connectivity index (χ4v) is 7.97. The number of hydrogen-bond acceptors (Lipinski definition) is 6. The van der Waals surface area contributed by atoms with Crippen molar-refractivity contribution in [2.75, 3.05) is 0 Å². The predicted octanol–water partition coefficient (Wildman–Crippen LogP) is 9.10. The van der Waals surface area contributed by atoms with Gasteiger partial charge in [0.1, 0.15) is 34.2 Å². The van der Waals surface area contributed by atoms with Crippen molar-refractivity contribution in [2.24, 2.45) is 15.9 Å². The largest absolute Gasteiger partial charge is 0.456 e. The molecule has 0 saturated carbocycles. The SMILES string of the molecule is C1=c2oc3ccccc3c2=CCC1C1N=C(c2ccccc2)N=C(c2ccc3c(c2)oc2ccc4c(-c5ccccc5)nc5ccccc5c4c23)N1. The molecular formula is C46H30N4O2. The molecule has 4 heterocycles. The summed E-state index contributed by atoms with van der Waals surface area (Å²) in [5.74, 6) is 1.53. The lowest BCUT2D eigenvalue weighted by Gasteiger charge is -2.28. The Hall–Kier alpha value is -6.79. The van der Waals surface area contributed by atoms with E-state index >= 15 is 0 Å². The van der Waals surface area contributed by atoms with Gasteiger partial charge in [-0.1, -0.05) is 109 Å². The maximum absolute atomic E-state index is 6.65. The number of pyridine rings is 1. The number of amidine groups is 2. The highest BCUT2D eigenvalue weighted by Gasteiger charge is 2.28. The first-order valence-corrected chi connectivity index (χ1v) is 17.7. The molecule has 0 radical (unpaired) electrons. The fraction of sp³-hybridized carbons (Fsp3) is 0.0652. The van der Waals surface area contributed by atoms with Crippen molar-refractivity contribution in [1.29, 1.82) is 0 Å². The summed E-state index contributed by atoms with van der Waals surface area (Å²) in [7, 11) is 0. The van der Waals surface area contributed by atoms with Crippen LogP contribution in [0.25, 0.3) is 78.0 Å². The number of furan rings is 2. The Morgan fingerprint density at radius 2 is 1.33 bits per heavy atom. The number of benzene rings is 6. The molecule has 6 aromatic carbocycles. The van der Waals surface area contributed by atoms with E-state index in [0.29, 0.717) is 5.84 Å². The van der Waals surface area contributed by atoms with Gasteiger partial charge in [0, 0.05) is 60.1 Å². The molecule has 0 amide bonds. The Bertz CT molecular complexity index is 3080. The zero-order chi connectivity index (χ0) is 34.2. The van der Waals surface area contributed by atoms with Gasteiger partial charge in [-0.25, -0.2) is 15.0 Å². The lowest BCUT2D eigenvalue weighted by atomic mass is 9.95. The third-order valence-electron chi connectivity index (χ3n) is 10.4. The van der Waals surface area contributed by atoms with E-state index in [1.807, 2.05) is 42.5 Å². The van der Waals surface area contributed by atoms with Gasteiger partial charge in [0.15, 0.2) is 5.84 Å². The van der Waals surface area contributed by atoms with Gasteiger partial charge in [-0.2, -0.15) is 0 Å². The molecule has 3 aromatic heterocycles. The molecule has 9 aromatic rings. The van der Waals surface area contributed by atoms with Crippen LogP contribution in [0.2, 0.25) is 0 Å². The molecule has 6 heteroatoms. The molecule has 52 heavy (non-hydrogen) atoms. The first-order chi connectivity index (χ1) is 25.7. The highest BCUT2D eigenvalue weighted by atomic mass is 16.3. The molecule has 0 saturated heterocycles. The number of nitrogens with zero attached hydrogens (tertiary/aromatic N) is 3. The third-order valence-corrected chi connectivity index (χ3v) is 10.4. The Balaban J connectivity index is 1.05. The van der Waals surface area contributed by atoms with Gasteiger partial charge in [-0.15, -0.1) is 0 Å². The minimum Gasteiger partial charge on any atom is -0.456 e. The van der Waals surface area contributed by atoms with Crippen LogP contribution in [0.3, 0.4) is 0 Å². The summed E-state index contributed by atoms with van der Waals surface area (Å²) >= 11 is 0. The Labute approximate surface area is 297 Å². The van der Waals surface area contributed by atoms with E-state index in [-0.39, 0.29) is 12.1 Å². The summed E-state index contributed by atoms with van der Waals surface area (Å²) in [6, 6.07) is 47.8. The summed E-state index contributed by atoms with van der Waals surface area (Å²) in [4.78, 5) is 15.4. The van der Waals surface area contributed by atoms with E-state index in [4.69, 9.17) is 23.8 Å². The zero-order valence-electron chi connectivity index (χ0n) is 28.0. The number of aromatic nitrogens is 1. The normalized spacial score (nSPS) is 17.1. The molecule has 0 fully saturated rings. The first-order valence-electron chi connectivity index (χ1n) is 17.7. The zero-order valence-corrected chi connectivity index (χ0v) is 28.0. The molecule has 0 spiro atoms. The van der Waals surface area contributed by atoms with Crippen molar-refractivity contribution < 1.29 is 8.83 Å². The lowest BCUT2D eigenvalue weighted by molar-refractivity contribution is 0.489. The molecule has 6 nitrogen and oxygen atoms in total.